The lowest BCUT2D eigenvalue weighted by molar-refractivity contribution is -0.0656. The first-order valence-electron chi connectivity index (χ1n) is 8.38. The summed E-state index contributed by atoms with van der Waals surface area (Å²) in [5.74, 6) is 0. The van der Waals surface area contributed by atoms with Crippen molar-refractivity contribution in [1.29, 1.82) is 0 Å². The highest BCUT2D eigenvalue weighted by atomic mass is 32.1. The quantitative estimate of drug-likeness (QED) is 0.501. The smallest absolute Gasteiger partial charge is 0.165 e. The Kier molecular flexibility index (Phi) is 6.38. The van der Waals surface area contributed by atoms with E-state index in [2.05, 4.69) is 15.0 Å². The zero-order valence-electron chi connectivity index (χ0n) is 13.8. The monoisotopic (exact) mass is 366 g/mol. The molecule has 0 unspecified atom stereocenters. The standard InChI is InChI=1S/C16H22N4O4S/c21-13-12(8-23-5-3-1-2-4-6-25)24-16(14(13)22)20-10-19-11-7-17-9-18-15(11)20/h6-7,9-10,12-14,16,21-22H,1-5,8H2/t12-,13-,14-,16-/m1/s1. The first-order valence-corrected chi connectivity index (χ1v) is 8.85. The van der Waals surface area contributed by atoms with Gasteiger partial charge in [0.05, 0.1) is 19.1 Å². The van der Waals surface area contributed by atoms with E-state index >= 15 is 0 Å². The van der Waals surface area contributed by atoms with Crippen LogP contribution in [0.4, 0.5) is 0 Å². The van der Waals surface area contributed by atoms with Gasteiger partial charge in [0.2, 0.25) is 0 Å². The lowest BCUT2D eigenvalue weighted by Gasteiger charge is -2.16. The molecular formula is C16H22N4O4S. The molecule has 1 fully saturated rings. The number of aromatic nitrogens is 4. The summed E-state index contributed by atoms with van der Waals surface area (Å²) in [6.45, 7) is 0.815. The Bertz CT molecular complexity index is 698. The van der Waals surface area contributed by atoms with E-state index in [1.807, 2.05) is 0 Å². The molecule has 0 saturated carbocycles. The van der Waals surface area contributed by atoms with Gasteiger partial charge in [-0.1, -0.05) is 18.6 Å². The van der Waals surface area contributed by atoms with E-state index in [0.717, 1.165) is 25.7 Å². The molecule has 1 saturated heterocycles. The van der Waals surface area contributed by atoms with Crippen molar-refractivity contribution in [1.82, 2.24) is 19.5 Å². The van der Waals surface area contributed by atoms with Gasteiger partial charge < -0.3 is 19.7 Å². The number of aliphatic hydroxyl groups is 2. The number of fused-ring (bicyclic) bond motifs is 1. The Hall–Kier alpha value is -1.52. The molecule has 0 amide bonds. The second kappa shape index (κ2) is 8.72. The highest BCUT2D eigenvalue weighted by molar-refractivity contribution is 7.78. The molecule has 0 aromatic carbocycles. The number of thiocarbonyl (C=S) groups is 1. The Morgan fingerprint density at radius 2 is 2.12 bits per heavy atom. The number of ether oxygens (including phenoxy) is 2. The van der Waals surface area contributed by atoms with E-state index in [9.17, 15) is 10.2 Å². The molecule has 0 radical (unpaired) electrons. The zero-order chi connectivity index (χ0) is 17.6. The van der Waals surface area contributed by atoms with Crippen LogP contribution in [0.15, 0.2) is 18.9 Å². The van der Waals surface area contributed by atoms with E-state index in [1.165, 1.54) is 12.7 Å². The normalized spacial score (nSPS) is 26.3. The first-order chi connectivity index (χ1) is 12.2. The topological polar surface area (TPSA) is 103 Å². The van der Waals surface area contributed by atoms with Gasteiger partial charge in [-0.25, -0.2) is 15.0 Å². The zero-order valence-corrected chi connectivity index (χ0v) is 14.6. The van der Waals surface area contributed by atoms with Gasteiger partial charge in [0, 0.05) is 6.61 Å². The molecule has 4 atom stereocenters. The fourth-order valence-corrected chi connectivity index (χ4v) is 3.04. The Morgan fingerprint density at radius 3 is 2.96 bits per heavy atom. The second-order valence-corrected chi connectivity index (χ2v) is 6.35. The molecule has 0 aliphatic carbocycles. The van der Waals surface area contributed by atoms with Crippen molar-refractivity contribution in [3.05, 3.63) is 18.9 Å². The van der Waals surface area contributed by atoms with Crippen LogP contribution in [0.3, 0.4) is 0 Å². The number of hydrogen-bond donors (Lipinski definition) is 2. The van der Waals surface area contributed by atoms with E-state index < -0.39 is 24.5 Å². The molecule has 136 valence electrons. The molecule has 3 rings (SSSR count). The van der Waals surface area contributed by atoms with Crippen molar-refractivity contribution in [3.63, 3.8) is 0 Å². The Morgan fingerprint density at radius 1 is 1.24 bits per heavy atom. The minimum absolute atomic E-state index is 0.226. The molecule has 25 heavy (non-hydrogen) atoms. The Labute approximate surface area is 150 Å². The van der Waals surface area contributed by atoms with Crippen LogP contribution < -0.4 is 0 Å². The summed E-state index contributed by atoms with van der Waals surface area (Å²) in [5.41, 5.74) is 1.15. The maximum absolute atomic E-state index is 10.3. The van der Waals surface area contributed by atoms with Crippen molar-refractivity contribution in [2.75, 3.05) is 13.2 Å². The third kappa shape index (κ3) is 4.18. The van der Waals surface area contributed by atoms with Gasteiger partial charge in [-0.15, -0.1) is 0 Å². The minimum Gasteiger partial charge on any atom is -0.387 e. The number of unbranched alkanes of at least 4 members (excludes halogenated alkanes) is 3. The van der Waals surface area contributed by atoms with Gasteiger partial charge in [0.1, 0.15) is 30.2 Å². The number of rotatable bonds is 9. The number of imidazole rings is 1. The summed E-state index contributed by atoms with van der Waals surface area (Å²) in [6.07, 6.45) is 5.04. The SMILES string of the molecule is O[C@@H]1[C@H](O)[C@@H](COCCCCCC=S)O[C@H]1n1cnc2cncnc21. The highest BCUT2D eigenvalue weighted by Crippen LogP contribution is 2.31. The van der Waals surface area contributed by atoms with Crippen LogP contribution in [0, 0.1) is 0 Å². The van der Waals surface area contributed by atoms with Gasteiger partial charge in [-0.2, -0.15) is 0 Å². The van der Waals surface area contributed by atoms with Crippen LogP contribution in [0.1, 0.15) is 31.9 Å². The maximum Gasteiger partial charge on any atom is 0.165 e. The average molecular weight is 366 g/mol. The third-order valence-corrected chi connectivity index (χ3v) is 4.48. The van der Waals surface area contributed by atoms with E-state index in [4.69, 9.17) is 21.7 Å². The molecule has 0 spiro atoms. The lowest BCUT2D eigenvalue weighted by atomic mass is 10.1. The molecule has 2 aromatic heterocycles. The van der Waals surface area contributed by atoms with Gasteiger partial charge in [0.15, 0.2) is 11.9 Å². The van der Waals surface area contributed by atoms with Crippen molar-refractivity contribution >= 4 is 28.7 Å². The average Bonchev–Trinajstić information content (AvgIpc) is 3.17. The number of hydrogen-bond acceptors (Lipinski definition) is 8. The van der Waals surface area contributed by atoms with Crippen molar-refractivity contribution < 1.29 is 19.7 Å². The molecule has 9 heteroatoms. The first kappa shape index (κ1) is 18.3. The summed E-state index contributed by atoms with van der Waals surface area (Å²) in [4.78, 5) is 12.3. The third-order valence-electron chi connectivity index (χ3n) is 4.24. The largest absolute Gasteiger partial charge is 0.387 e. The minimum atomic E-state index is -1.08. The van der Waals surface area contributed by atoms with Crippen LogP contribution in [0.25, 0.3) is 11.2 Å². The number of nitrogens with zero attached hydrogens (tertiary/aromatic N) is 4. The predicted molar refractivity (Wildman–Crippen MR) is 94.2 cm³/mol. The number of aliphatic hydroxyl groups excluding tert-OH is 2. The van der Waals surface area contributed by atoms with E-state index in [-0.39, 0.29) is 6.61 Å². The fourth-order valence-electron chi connectivity index (χ4n) is 2.88. The van der Waals surface area contributed by atoms with Crippen LogP contribution in [-0.4, -0.2) is 66.6 Å². The van der Waals surface area contributed by atoms with Crippen molar-refractivity contribution in [2.24, 2.45) is 0 Å². The summed E-state index contributed by atoms with van der Waals surface area (Å²) < 4.78 is 13.0. The van der Waals surface area contributed by atoms with Crippen molar-refractivity contribution in [2.45, 2.75) is 50.2 Å². The summed E-state index contributed by atoms with van der Waals surface area (Å²) in [5, 5.41) is 22.3. The van der Waals surface area contributed by atoms with Gasteiger partial charge in [-0.05, 0) is 24.6 Å². The van der Waals surface area contributed by atoms with Gasteiger partial charge in [0.25, 0.3) is 0 Å². The molecule has 0 bridgehead atoms. The van der Waals surface area contributed by atoms with Gasteiger partial charge in [-0.3, -0.25) is 4.57 Å². The highest BCUT2D eigenvalue weighted by Gasteiger charge is 2.44. The predicted octanol–water partition coefficient (Wildman–Crippen LogP) is 1.02. The molecular weight excluding hydrogens is 344 g/mol. The molecule has 8 nitrogen and oxygen atoms in total. The van der Waals surface area contributed by atoms with Crippen LogP contribution in [-0.2, 0) is 9.47 Å². The van der Waals surface area contributed by atoms with Gasteiger partial charge >= 0.3 is 0 Å². The van der Waals surface area contributed by atoms with Crippen LogP contribution in [0.2, 0.25) is 0 Å². The Balaban J connectivity index is 1.53. The molecule has 3 heterocycles. The van der Waals surface area contributed by atoms with Crippen molar-refractivity contribution in [3.8, 4) is 0 Å². The summed E-state index contributed by atoms with van der Waals surface area (Å²) >= 11 is 4.79. The van der Waals surface area contributed by atoms with Crippen LogP contribution in [0.5, 0.6) is 0 Å². The van der Waals surface area contributed by atoms with Crippen LogP contribution >= 0.6 is 12.2 Å². The lowest BCUT2D eigenvalue weighted by Crippen LogP contribution is -2.33. The molecule has 1 aliphatic heterocycles. The second-order valence-electron chi connectivity index (χ2n) is 6.02. The molecule has 1 aliphatic rings. The van der Waals surface area contributed by atoms with E-state index in [0.29, 0.717) is 17.8 Å². The summed E-state index contributed by atoms with van der Waals surface area (Å²) in [6, 6.07) is 0. The maximum atomic E-state index is 10.3. The van der Waals surface area contributed by atoms with E-state index in [1.54, 1.807) is 16.1 Å². The molecule has 2 N–H and O–H groups in total. The summed E-state index contributed by atoms with van der Waals surface area (Å²) in [7, 11) is 0. The molecule has 2 aromatic rings. The fraction of sp³-hybridized carbons (Fsp3) is 0.625.